The topological polar surface area (TPSA) is 115 Å². The second-order valence-corrected chi connectivity index (χ2v) is 5.14. The molecule has 8 heteroatoms. The number of anilines is 2. The van der Waals surface area contributed by atoms with Gasteiger partial charge in [-0.1, -0.05) is 0 Å². The van der Waals surface area contributed by atoms with Gasteiger partial charge in [-0.2, -0.15) is 4.37 Å². The van der Waals surface area contributed by atoms with Gasteiger partial charge in [0, 0.05) is 13.1 Å². The lowest BCUT2D eigenvalue weighted by molar-refractivity contribution is 0.0159. The van der Waals surface area contributed by atoms with Crippen molar-refractivity contribution in [2.24, 2.45) is 5.73 Å². The van der Waals surface area contributed by atoms with Crippen LogP contribution < -0.4 is 16.4 Å². The number of nitrogens with zero attached hydrogens (tertiary/aromatic N) is 2. The van der Waals surface area contributed by atoms with Crippen LogP contribution in [0.3, 0.4) is 0 Å². The van der Waals surface area contributed by atoms with E-state index in [1.807, 2.05) is 0 Å². The van der Waals surface area contributed by atoms with E-state index in [1.54, 1.807) is 0 Å². The van der Waals surface area contributed by atoms with Gasteiger partial charge in [0.25, 0.3) is 5.91 Å². The van der Waals surface area contributed by atoms with Gasteiger partial charge in [-0.15, -0.1) is 0 Å². The van der Waals surface area contributed by atoms with E-state index < -0.39 is 5.91 Å². The molecular weight excluding hydrogens is 268 g/mol. The number of piperidine rings is 1. The largest absolute Gasteiger partial charge is 0.394 e. The summed E-state index contributed by atoms with van der Waals surface area (Å²) in [7, 11) is 0. The van der Waals surface area contributed by atoms with E-state index >= 15 is 0 Å². The Balaban J connectivity index is 2.00. The second kappa shape index (κ2) is 6.18. The fraction of sp³-hybridized carbons (Fsp3) is 0.636. The highest BCUT2D eigenvalue weighted by Gasteiger charge is 2.26. The zero-order valence-electron chi connectivity index (χ0n) is 10.5. The van der Waals surface area contributed by atoms with Crippen LogP contribution in [0.15, 0.2) is 0 Å². The van der Waals surface area contributed by atoms with Crippen LogP contribution in [0.4, 0.5) is 10.8 Å². The first kappa shape index (κ1) is 14.0. The van der Waals surface area contributed by atoms with E-state index in [2.05, 4.69) is 9.27 Å². The van der Waals surface area contributed by atoms with Crippen LogP contribution in [-0.4, -0.2) is 47.8 Å². The summed E-state index contributed by atoms with van der Waals surface area (Å²) in [5.74, 6) is -0.342. The molecular formula is C11H18N4O3S. The van der Waals surface area contributed by atoms with Gasteiger partial charge >= 0.3 is 0 Å². The molecule has 0 atom stereocenters. The molecule has 0 bridgehead atoms. The van der Waals surface area contributed by atoms with Gasteiger partial charge in [0.2, 0.25) is 0 Å². The third-order valence-electron chi connectivity index (χ3n) is 3.12. The molecule has 1 aliphatic rings. The number of rotatable bonds is 5. The van der Waals surface area contributed by atoms with Crippen LogP contribution in [-0.2, 0) is 4.74 Å². The molecule has 0 aromatic carbocycles. The minimum absolute atomic E-state index is 0.0391. The third-order valence-corrected chi connectivity index (χ3v) is 4.04. The maximum Gasteiger partial charge on any atom is 0.255 e. The maximum absolute atomic E-state index is 11.4. The minimum atomic E-state index is -0.542. The Morgan fingerprint density at radius 2 is 2.21 bits per heavy atom. The molecule has 0 unspecified atom stereocenters. The van der Waals surface area contributed by atoms with Crippen molar-refractivity contribution in [2.75, 3.05) is 36.9 Å². The monoisotopic (exact) mass is 286 g/mol. The van der Waals surface area contributed by atoms with E-state index in [9.17, 15) is 4.79 Å². The lowest BCUT2D eigenvalue weighted by atomic mass is 10.1. The summed E-state index contributed by atoms with van der Waals surface area (Å²) in [6.45, 7) is 1.93. The first-order valence-electron chi connectivity index (χ1n) is 6.15. The quantitative estimate of drug-likeness (QED) is 0.690. The number of hydrogen-bond acceptors (Lipinski definition) is 7. The van der Waals surface area contributed by atoms with Crippen LogP contribution in [0.1, 0.15) is 23.2 Å². The number of carbonyl (C=O) groups excluding carboxylic acids is 1. The van der Waals surface area contributed by atoms with Crippen molar-refractivity contribution in [2.45, 2.75) is 18.9 Å². The SMILES string of the molecule is NC(=O)c1c(N)nsc1N1CCC(OCCO)CC1. The van der Waals surface area contributed by atoms with Crippen LogP contribution in [0, 0.1) is 0 Å². The number of carbonyl (C=O) groups is 1. The van der Waals surface area contributed by atoms with Crippen molar-refractivity contribution in [3.05, 3.63) is 5.56 Å². The molecule has 2 heterocycles. The third kappa shape index (κ3) is 3.14. The molecule has 1 aromatic rings. The molecule has 106 valence electrons. The maximum atomic E-state index is 11.4. The number of hydrogen-bond donors (Lipinski definition) is 3. The zero-order valence-corrected chi connectivity index (χ0v) is 11.4. The molecule has 7 nitrogen and oxygen atoms in total. The number of nitrogen functional groups attached to an aromatic ring is 1. The molecule has 2 rings (SSSR count). The molecule has 1 amide bonds. The minimum Gasteiger partial charge on any atom is -0.394 e. The average molecular weight is 286 g/mol. The highest BCUT2D eigenvalue weighted by molar-refractivity contribution is 7.11. The predicted octanol–water partition coefficient (Wildman–Crippen LogP) is -0.198. The highest BCUT2D eigenvalue weighted by atomic mass is 32.1. The summed E-state index contributed by atoms with van der Waals surface area (Å²) in [5, 5.41) is 9.46. The predicted molar refractivity (Wildman–Crippen MR) is 73.3 cm³/mol. The normalized spacial score (nSPS) is 16.8. The Labute approximate surface area is 115 Å². The van der Waals surface area contributed by atoms with Crippen molar-refractivity contribution >= 4 is 28.3 Å². The number of amides is 1. The Bertz CT molecular complexity index is 443. The molecule has 19 heavy (non-hydrogen) atoms. The zero-order chi connectivity index (χ0) is 13.8. The Morgan fingerprint density at radius 3 is 2.79 bits per heavy atom. The molecule has 5 N–H and O–H groups in total. The van der Waals surface area contributed by atoms with Gasteiger partial charge in [-0.3, -0.25) is 4.79 Å². The van der Waals surface area contributed by atoms with E-state index in [-0.39, 0.29) is 18.5 Å². The van der Waals surface area contributed by atoms with Gasteiger partial charge in [0.05, 0.1) is 19.3 Å². The Morgan fingerprint density at radius 1 is 1.53 bits per heavy atom. The van der Waals surface area contributed by atoms with Crippen molar-refractivity contribution < 1.29 is 14.6 Å². The highest BCUT2D eigenvalue weighted by Crippen LogP contribution is 2.32. The lowest BCUT2D eigenvalue weighted by Gasteiger charge is -2.32. The van der Waals surface area contributed by atoms with E-state index in [0.717, 1.165) is 30.9 Å². The van der Waals surface area contributed by atoms with E-state index in [1.165, 1.54) is 11.5 Å². The van der Waals surface area contributed by atoms with Crippen LogP contribution in [0.25, 0.3) is 0 Å². The molecule has 1 fully saturated rings. The Hall–Kier alpha value is -1.38. The lowest BCUT2D eigenvalue weighted by Crippen LogP contribution is -2.37. The standard InChI is InChI=1S/C11H18N4O3S/c12-9-8(10(13)17)11(19-14-9)15-3-1-7(2-4-15)18-6-5-16/h7,16H,1-6H2,(H2,12,14)(H2,13,17). The summed E-state index contributed by atoms with van der Waals surface area (Å²) >= 11 is 1.20. The molecule has 0 aliphatic carbocycles. The summed E-state index contributed by atoms with van der Waals surface area (Å²) in [6, 6.07) is 0. The first-order chi connectivity index (χ1) is 9.13. The van der Waals surface area contributed by atoms with Crippen molar-refractivity contribution in [3.8, 4) is 0 Å². The van der Waals surface area contributed by atoms with Gasteiger partial charge in [-0.05, 0) is 24.4 Å². The molecule has 1 aromatic heterocycles. The molecule has 1 saturated heterocycles. The Kier molecular flexibility index (Phi) is 4.56. The molecule has 1 aliphatic heterocycles. The van der Waals surface area contributed by atoms with Gasteiger partial charge < -0.3 is 26.2 Å². The molecule has 0 saturated carbocycles. The van der Waals surface area contributed by atoms with Gasteiger partial charge in [-0.25, -0.2) is 0 Å². The van der Waals surface area contributed by atoms with Gasteiger partial charge in [0.15, 0.2) is 5.82 Å². The van der Waals surface area contributed by atoms with Crippen molar-refractivity contribution in [1.29, 1.82) is 0 Å². The second-order valence-electron chi connectivity index (χ2n) is 4.39. The van der Waals surface area contributed by atoms with Crippen LogP contribution >= 0.6 is 11.5 Å². The summed E-state index contributed by atoms with van der Waals surface area (Å²) in [4.78, 5) is 13.4. The fourth-order valence-electron chi connectivity index (χ4n) is 2.19. The number of ether oxygens (including phenoxy) is 1. The summed E-state index contributed by atoms with van der Waals surface area (Å²) in [5.41, 5.74) is 11.3. The smallest absolute Gasteiger partial charge is 0.255 e. The van der Waals surface area contributed by atoms with E-state index in [4.69, 9.17) is 21.3 Å². The number of nitrogens with two attached hydrogens (primary N) is 2. The molecule has 0 radical (unpaired) electrons. The average Bonchev–Trinajstić information content (AvgIpc) is 2.79. The molecule has 0 spiro atoms. The fourth-order valence-corrected chi connectivity index (χ4v) is 3.06. The number of aromatic nitrogens is 1. The number of primary amides is 1. The summed E-state index contributed by atoms with van der Waals surface area (Å²) < 4.78 is 9.49. The van der Waals surface area contributed by atoms with Crippen molar-refractivity contribution in [1.82, 2.24) is 4.37 Å². The van der Waals surface area contributed by atoms with Crippen LogP contribution in [0.5, 0.6) is 0 Å². The van der Waals surface area contributed by atoms with Crippen LogP contribution in [0.2, 0.25) is 0 Å². The number of aliphatic hydroxyl groups is 1. The van der Waals surface area contributed by atoms with Gasteiger partial charge in [0.1, 0.15) is 10.6 Å². The number of aliphatic hydroxyl groups excluding tert-OH is 1. The van der Waals surface area contributed by atoms with E-state index in [0.29, 0.717) is 12.2 Å². The first-order valence-corrected chi connectivity index (χ1v) is 6.93. The van der Waals surface area contributed by atoms with Crippen molar-refractivity contribution in [3.63, 3.8) is 0 Å². The summed E-state index contributed by atoms with van der Waals surface area (Å²) in [6.07, 6.45) is 1.84.